The number of allylic oxidation sites excluding steroid dienone is 2. The van der Waals surface area contributed by atoms with Crippen LogP contribution in [0.4, 0.5) is 0 Å². The zero-order chi connectivity index (χ0) is 13.9. The van der Waals surface area contributed by atoms with E-state index in [-0.39, 0.29) is 22.6 Å². The molecule has 98 valence electrons. The minimum atomic E-state index is -0.451. The Bertz CT molecular complexity index is 471. The first-order chi connectivity index (χ1) is 8.43. The lowest BCUT2D eigenvalue weighted by atomic mass is 9.94. The largest absolute Gasteiger partial charge is 0.507 e. The van der Waals surface area contributed by atoms with Crippen LogP contribution in [0.2, 0.25) is 0 Å². The quantitative estimate of drug-likeness (QED) is 0.612. The molecule has 0 amide bonds. The zero-order valence-corrected chi connectivity index (χ0v) is 10.6. The molecule has 1 aromatic carbocycles. The Morgan fingerprint density at radius 2 is 1.56 bits per heavy atom. The van der Waals surface area contributed by atoms with Gasteiger partial charge in [0.15, 0.2) is 0 Å². The zero-order valence-electron chi connectivity index (χ0n) is 10.6. The Morgan fingerprint density at radius 1 is 1.06 bits per heavy atom. The third-order valence-electron chi connectivity index (χ3n) is 2.97. The van der Waals surface area contributed by atoms with Crippen LogP contribution >= 0.6 is 0 Å². The predicted molar refractivity (Wildman–Crippen MR) is 68.1 cm³/mol. The molecule has 2 radical (unpaired) electrons. The Kier molecular flexibility index (Phi) is 4.76. The number of aliphatic hydroxyl groups is 2. The van der Waals surface area contributed by atoms with E-state index in [2.05, 4.69) is 0 Å². The average molecular weight is 250 g/mol. The number of benzene rings is 1. The lowest BCUT2D eigenvalue weighted by Gasteiger charge is -2.17. The van der Waals surface area contributed by atoms with Gasteiger partial charge < -0.3 is 20.4 Å². The summed E-state index contributed by atoms with van der Waals surface area (Å²) in [6.45, 7) is 8.01. The molecule has 18 heavy (non-hydrogen) atoms. The average Bonchev–Trinajstić information content (AvgIpc) is 2.32. The van der Waals surface area contributed by atoms with Gasteiger partial charge in [0.05, 0.1) is 13.2 Å². The molecular formula is C14H18O4. The first kappa shape index (κ1) is 14.5. The van der Waals surface area contributed by atoms with Gasteiger partial charge in [-0.3, -0.25) is 0 Å². The lowest BCUT2D eigenvalue weighted by Crippen LogP contribution is -2.02. The van der Waals surface area contributed by atoms with Gasteiger partial charge in [0, 0.05) is 16.7 Å². The van der Waals surface area contributed by atoms with Crippen LogP contribution in [0.25, 0.3) is 0 Å². The molecule has 0 unspecified atom stereocenters. The fraction of sp³-hybridized carbons (Fsp3) is 0.357. The minimum absolute atomic E-state index is 0.0996. The standard InChI is InChI=1S/C14H18O4/c1-8(2)4-5-10-9(3)13(17)11(6-15)12(7-16)14(10)18/h1,4,15-18H,5-7H2,2-3H3/b8-4-. The lowest BCUT2D eigenvalue weighted by molar-refractivity contribution is 0.249. The van der Waals surface area contributed by atoms with E-state index in [0.29, 0.717) is 23.1 Å². The summed E-state index contributed by atoms with van der Waals surface area (Å²) in [6, 6.07) is 0. The topological polar surface area (TPSA) is 80.9 Å². The van der Waals surface area contributed by atoms with Crippen molar-refractivity contribution in [3.63, 3.8) is 0 Å². The van der Waals surface area contributed by atoms with Crippen molar-refractivity contribution < 1.29 is 20.4 Å². The summed E-state index contributed by atoms with van der Waals surface area (Å²) in [5, 5.41) is 38.4. The first-order valence-corrected chi connectivity index (χ1v) is 5.63. The summed E-state index contributed by atoms with van der Waals surface area (Å²) in [4.78, 5) is 0. The minimum Gasteiger partial charge on any atom is -0.507 e. The van der Waals surface area contributed by atoms with Crippen LogP contribution in [0, 0.1) is 13.8 Å². The molecule has 1 aromatic rings. The molecule has 0 fully saturated rings. The van der Waals surface area contributed by atoms with Crippen LogP contribution in [0.3, 0.4) is 0 Å². The van der Waals surface area contributed by atoms with Crippen LogP contribution in [0.1, 0.15) is 29.2 Å². The molecule has 0 aliphatic carbocycles. The van der Waals surface area contributed by atoms with E-state index in [1.807, 2.05) is 0 Å². The number of aromatic hydroxyl groups is 2. The Balaban J connectivity index is 3.44. The third kappa shape index (κ3) is 2.66. The monoisotopic (exact) mass is 250 g/mol. The summed E-state index contributed by atoms with van der Waals surface area (Å²) in [5.74, 6) is -0.202. The molecule has 0 atom stereocenters. The van der Waals surface area contributed by atoms with E-state index in [0.717, 1.165) is 0 Å². The first-order valence-electron chi connectivity index (χ1n) is 5.63. The van der Waals surface area contributed by atoms with Gasteiger partial charge in [0.2, 0.25) is 0 Å². The molecule has 0 spiro atoms. The van der Waals surface area contributed by atoms with E-state index in [1.54, 1.807) is 19.9 Å². The fourth-order valence-corrected chi connectivity index (χ4v) is 1.87. The summed E-state index contributed by atoms with van der Waals surface area (Å²) < 4.78 is 0. The van der Waals surface area contributed by atoms with Gasteiger partial charge in [-0.05, 0) is 32.8 Å². The summed E-state index contributed by atoms with van der Waals surface area (Å²) >= 11 is 0. The van der Waals surface area contributed by atoms with Gasteiger partial charge in [0.25, 0.3) is 0 Å². The Labute approximate surface area is 107 Å². The third-order valence-corrected chi connectivity index (χ3v) is 2.97. The van der Waals surface area contributed by atoms with Crippen LogP contribution in [0.15, 0.2) is 11.6 Å². The van der Waals surface area contributed by atoms with Crippen molar-refractivity contribution in [2.45, 2.75) is 33.5 Å². The molecule has 0 saturated carbocycles. The van der Waals surface area contributed by atoms with Crippen LogP contribution < -0.4 is 0 Å². The Morgan fingerprint density at radius 3 is 2.00 bits per heavy atom. The van der Waals surface area contributed by atoms with Crippen molar-refractivity contribution >= 4 is 0 Å². The van der Waals surface area contributed by atoms with Crippen molar-refractivity contribution in [1.29, 1.82) is 0 Å². The van der Waals surface area contributed by atoms with Gasteiger partial charge in [-0.15, -0.1) is 0 Å². The molecule has 4 nitrogen and oxygen atoms in total. The molecule has 0 aliphatic rings. The molecule has 0 aromatic heterocycles. The van der Waals surface area contributed by atoms with E-state index >= 15 is 0 Å². The highest BCUT2D eigenvalue weighted by Gasteiger charge is 2.19. The molecule has 0 bridgehead atoms. The van der Waals surface area contributed by atoms with Crippen LogP contribution in [-0.4, -0.2) is 20.4 Å². The van der Waals surface area contributed by atoms with Crippen LogP contribution in [-0.2, 0) is 19.6 Å². The van der Waals surface area contributed by atoms with Gasteiger partial charge in [-0.2, -0.15) is 0 Å². The molecule has 0 aliphatic heterocycles. The van der Waals surface area contributed by atoms with Crippen LogP contribution in [0.5, 0.6) is 11.5 Å². The summed E-state index contributed by atoms with van der Waals surface area (Å²) in [5.41, 5.74) is 1.89. The maximum absolute atomic E-state index is 10.1. The molecule has 4 N–H and O–H groups in total. The number of hydrogen-bond donors (Lipinski definition) is 4. The highest BCUT2D eigenvalue weighted by Crippen LogP contribution is 2.37. The van der Waals surface area contributed by atoms with Gasteiger partial charge in [-0.25, -0.2) is 0 Å². The van der Waals surface area contributed by atoms with E-state index in [4.69, 9.17) is 6.92 Å². The van der Waals surface area contributed by atoms with Crippen molar-refractivity contribution in [2.75, 3.05) is 0 Å². The SMILES string of the molecule is [CH]/C(C)=C/Cc1c(C)c(O)c(CO)c(CO)c1O. The molecule has 0 saturated heterocycles. The van der Waals surface area contributed by atoms with Crippen molar-refractivity contribution in [3.8, 4) is 11.5 Å². The smallest absolute Gasteiger partial charge is 0.125 e. The maximum Gasteiger partial charge on any atom is 0.125 e. The summed E-state index contributed by atoms with van der Waals surface area (Å²) in [6.07, 6.45) is 2.06. The number of hydrogen-bond acceptors (Lipinski definition) is 4. The molecule has 1 rings (SSSR count). The maximum atomic E-state index is 10.1. The fourth-order valence-electron chi connectivity index (χ4n) is 1.87. The van der Waals surface area contributed by atoms with Gasteiger partial charge in [-0.1, -0.05) is 11.6 Å². The van der Waals surface area contributed by atoms with Gasteiger partial charge in [0.1, 0.15) is 11.5 Å². The highest BCUT2D eigenvalue weighted by molar-refractivity contribution is 5.58. The van der Waals surface area contributed by atoms with E-state index < -0.39 is 13.2 Å². The number of rotatable bonds is 4. The normalized spacial score (nSPS) is 11.9. The van der Waals surface area contributed by atoms with E-state index in [9.17, 15) is 20.4 Å². The molecule has 0 heterocycles. The van der Waals surface area contributed by atoms with Crippen molar-refractivity contribution in [2.24, 2.45) is 0 Å². The second-order valence-electron chi connectivity index (χ2n) is 4.23. The second kappa shape index (κ2) is 5.89. The Hall–Kier alpha value is -1.52. The van der Waals surface area contributed by atoms with Crippen molar-refractivity contribution in [3.05, 3.63) is 40.8 Å². The second-order valence-corrected chi connectivity index (χ2v) is 4.23. The predicted octanol–water partition coefficient (Wildman–Crippen LogP) is 1.59. The number of phenols is 2. The van der Waals surface area contributed by atoms with E-state index in [1.165, 1.54) is 0 Å². The number of aliphatic hydroxyl groups excluding tert-OH is 2. The summed E-state index contributed by atoms with van der Waals surface area (Å²) in [7, 11) is 0. The van der Waals surface area contributed by atoms with Crippen molar-refractivity contribution in [1.82, 2.24) is 0 Å². The molecule has 4 heteroatoms. The highest BCUT2D eigenvalue weighted by atomic mass is 16.3. The molecular weight excluding hydrogens is 232 g/mol. The van der Waals surface area contributed by atoms with Gasteiger partial charge >= 0.3 is 0 Å².